The van der Waals surface area contributed by atoms with Gasteiger partial charge in [0.15, 0.2) is 0 Å². The van der Waals surface area contributed by atoms with Crippen LogP contribution in [-0.2, 0) is 6.42 Å². The Kier molecular flexibility index (Phi) is 7.51. The van der Waals surface area contributed by atoms with Gasteiger partial charge in [-0.05, 0) is 56.3 Å². The molecule has 9 heteroatoms. The lowest BCUT2D eigenvalue weighted by Crippen LogP contribution is -2.32. The van der Waals surface area contributed by atoms with Crippen LogP contribution in [0.4, 0.5) is 5.95 Å². The van der Waals surface area contributed by atoms with Crippen molar-refractivity contribution in [1.82, 2.24) is 20.1 Å². The highest BCUT2D eigenvalue weighted by atomic mass is 16.5. The van der Waals surface area contributed by atoms with E-state index in [2.05, 4.69) is 27.4 Å². The molecule has 0 bridgehead atoms. The van der Waals surface area contributed by atoms with Crippen LogP contribution in [0, 0.1) is 6.92 Å². The zero-order valence-electron chi connectivity index (χ0n) is 18.1. The number of ether oxygens (including phenoxy) is 1. The van der Waals surface area contributed by atoms with Gasteiger partial charge in [-0.25, -0.2) is 10.8 Å². The number of rotatable bonds is 9. The molecule has 3 rings (SSSR count). The number of hydrogen-bond donors (Lipinski definition) is 3. The Balaban J connectivity index is 1.72. The van der Waals surface area contributed by atoms with Gasteiger partial charge in [0.25, 0.3) is 5.95 Å². The fourth-order valence-corrected chi connectivity index (χ4v) is 3.55. The molecule has 0 aromatic carbocycles. The summed E-state index contributed by atoms with van der Waals surface area (Å²) < 4.78 is 11.4. The summed E-state index contributed by atoms with van der Waals surface area (Å²) in [4.78, 5) is 8.96. The van der Waals surface area contributed by atoms with Crippen LogP contribution in [0.1, 0.15) is 62.7 Å². The molecule has 0 saturated heterocycles. The molecule has 0 aliphatic heterocycles. The summed E-state index contributed by atoms with van der Waals surface area (Å²) in [5.41, 5.74) is 9.03. The number of hydrogen-bond acceptors (Lipinski definition) is 9. The van der Waals surface area contributed by atoms with Gasteiger partial charge in [0.05, 0.1) is 35.4 Å². The molecule has 5 N–H and O–H groups in total. The van der Waals surface area contributed by atoms with Gasteiger partial charge in [0.1, 0.15) is 5.75 Å². The van der Waals surface area contributed by atoms with Crippen molar-refractivity contribution in [2.75, 3.05) is 18.9 Å². The Bertz CT molecular complexity index is 857. The highest BCUT2D eigenvalue weighted by molar-refractivity contribution is 5.64. The first-order valence-electron chi connectivity index (χ1n) is 10.7. The number of nitrogens with one attached hydrogen (secondary N) is 1. The molecule has 0 amide bonds. The van der Waals surface area contributed by atoms with Gasteiger partial charge < -0.3 is 25.3 Å². The van der Waals surface area contributed by atoms with E-state index in [-0.39, 0.29) is 6.10 Å². The maximum Gasteiger partial charge on any atom is 0.263 e. The zero-order chi connectivity index (χ0) is 21.5. The Morgan fingerprint density at radius 1 is 1.27 bits per heavy atom. The first-order chi connectivity index (χ1) is 14.5. The molecule has 1 aliphatic carbocycles. The van der Waals surface area contributed by atoms with Gasteiger partial charge in [0, 0.05) is 13.5 Å². The van der Waals surface area contributed by atoms with E-state index in [0.29, 0.717) is 35.5 Å². The number of nitrogens with two attached hydrogens (primary N) is 2. The number of hydrazine groups is 1. The summed E-state index contributed by atoms with van der Waals surface area (Å²) in [6.45, 7) is 4.33. The molecular formula is C21H33N7O2. The van der Waals surface area contributed by atoms with E-state index in [1.807, 2.05) is 19.1 Å². The number of anilines is 1. The SMILES string of the molecule is CCCc1nc(NC/C(=C(/N)c2ccc(OC3CCCCC3)c(C)n2)N(C)N)no1. The van der Waals surface area contributed by atoms with Crippen LogP contribution in [0.2, 0.25) is 0 Å². The second-order valence-corrected chi connectivity index (χ2v) is 7.74. The van der Waals surface area contributed by atoms with Crippen LogP contribution in [0.3, 0.4) is 0 Å². The third-order valence-electron chi connectivity index (χ3n) is 5.24. The molecule has 2 heterocycles. The van der Waals surface area contributed by atoms with Gasteiger partial charge in [0.2, 0.25) is 5.89 Å². The summed E-state index contributed by atoms with van der Waals surface area (Å²) in [5, 5.41) is 8.51. The van der Waals surface area contributed by atoms with Crippen molar-refractivity contribution < 1.29 is 9.26 Å². The minimum atomic E-state index is 0.278. The second-order valence-electron chi connectivity index (χ2n) is 7.74. The number of likely N-dealkylation sites (N-methyl/N-ethyl adjacent to an activating group) is 1. The summed E-state index contributed by atoms with van der Waals surface area (Å²) in [5.74, 6) is 7.85. The lowest BCUT2D eigenvalue weighted by Gasteiger charge is -2.24. The molecule has 2 aromatic rings. The van der Waals surface area contributed by atoms with Crippen LogP contribution in [0.25, 0.3) is 5.70 Å². The van der Waals surface area contributed by atoms with Crippen LogP contribution >= 0.6 is 0 Å². The number of pyridine rings is 1. The Labute approximate surface area is 177 Å². The van der Waals surface area contributed by atoms with Crippen molar-refractivity contribution in [1.29, 1.82) is 0 Å². The van der Waals surface area contributed by atoms with E-state index in [0.717, 1.165) is 37.1 Å². The van der Waals surface area contributed by atoms with E-state index >= 15 is 0 Å². The van der Waals surface area contributed by atoms with Crippen molar-refractivity contribution in [2.45, 2.75) is 64.9 Å². The van der Waals surface area contributed by atoms with Gasteiger partial charge in [-0.15, -0.1) is 0 Å². The van der Waals surface area contributed by atoms with Gasteiger partial charge in [-0.2, -0.15) is 4.98 Å². The van der Waals surface area contributed by atoms with E-state index < -0.39 is 0 Å². The van der Waals surface area contributed by atoms with Crippen molar-refractivity contribution in [2.24, 2.45) is 11.6 Å². The van der Waals surface area contributed by atoms with E-state index in [9.17, 15) is 0 Å². The number of aromatic nitrogens is 3. The topological polar surface area (TPSA) is 128 Å². The lowest BCUT2D eigenvalue weighted by molar-refractivity contribution is 0.153. The first-order valence-corrected chi connectivity index (χ1v) is 10.7. The van der Waals surface area contributed by atoms with Gasteiger partial charge >= 0.3 is 0 Å². The average molecular weight is 416 g/mol. The van der Waals surface area contributed by atoms with Gasteiger partial charge in [-0.1, -0.05) is 13.3 Å². The molecule has 1 fully saturated rings. The summed E-state index contributed by atoms with van der Waals surface area (Å²) in [7, 11) is 1.73. The fraction of sp³-hybridized carbons (Fsp3) is 0.571. The quantitative estimate of drug-likeness (QED) is 0.418. The van der Waals surface area contributed by atoms with Crippen LogP contribution < -0.4 is 21.6 Å². The zero-order valence-corrected chi connectivity index (χ0v) is 18.1. The fourth-order valence-electron chi connectivity index (χ4n) is 3.55. The molecule has 0 spiro atoms. The Morgan fingerprint density at radius 3 is 2.70 bits per heavy atom. The summed E-state index contributed by atoms with van der Waals surface area (Å²) >= 11 is 0. The van der Waals surface area contributed by atoms with E-state index in [4.69, 9.17) is 20.8 Å². The predicted octanol–water partition coefficient (Wildman–Crippen LogP) is 2.98. The second kappa shape index (κ2) is 10.3. The minimum Gasteiger partial charge on any atom is -0.489 e. The van der Waals surface area contributed by atoms with Crippen molar-refractivity contribution in [3.05, 3.63) is 35.1 Å². The smallest absolute Gasteiger partial charge is 0.263 e. The normalized spacial score (nSPS) is 15.6. The molecule has 1 saturated carbocycles. The Hall–Kier alpha value is -2.81. The molecule has 0 atom stereocenters. The molecular weight excluding hydrogens is 382 g/mol. The molecule has 1 aliphatic rings. The molecule has 164 valence electrons. The predicted molar refractivity (Wildman–Crippen MR) is 116 cm³/mol. The van der Waals surface area contributed by atoms with Crippen molar-refractivity contribution in [3.63, 3.8) is 0 Å². The van der Waals surface area contributed by atoms with Crippen LogP contribution in [-0.4, -0.2) is 39.8 Å². The minimum absolute atomic E-state index is 0.278. The molecule has 2 aromatic heterocycles. The summed E-state index contributed by atoms with van der Waals surface area (Å²) in [6.07, 6.45) is 7.92. The average Bonchev–Trinajstić information content (AvgIpc) is 3.18. The van der Waals surface area contributed by atoms with Gasteiger partial charge in [-0.3, -0.25) is 0 Å². The highest BCUT2D eigenvalue weighted by Gasteiger charge is 2.18. The van der Waals surface area contributed by atoms with Crippen LogP contribution in [0.5, 0.6) is 5.75 Å². The standard InChI is InChI=1S/C21H33N7O2/c1-4-8-19-26-21(27-30-19)24-13-17(28(3)23)20(22)16-11-12-18(14(2)25-16)29-15-9-6-5-7-10-15/h11-12,15H,4-10,13,22-23H2,1-3H3,(H,24,27)/b20-17-. The maximum atomic E-state index is 6.41. The molecule has 0 radical (unpaired) electrons. The maximum absolute atomic E-state index is 6.41. The lowest BCUT2D eigenvalue weighted by atomic mass is 9.98. The molecule has 9 nitrogen and oxygen atoms in total. The molecule has 30 heavy (non-hydrogen) atoms. The Morgan fingerprint density at radius 2 is 2.03 bits per heavy atom. The van der Waals surface area contributed by atoms with E-state index in [1.165, 1.54) is 24.3 Å². The van der Waals surface area contributed by atoms with E-state index in [1.54, 1.807) is 7.05 Å². The van der Waals surface area contributed by atoms with Crippen LogP contribution in [0.15, 0.2) is 22.4 Å². The largest absolute Gasteiger partial charge is 0.489 e. The van der Waals surface area contributed by atoms with Crippen molar-refractivity contribution >= 4 is 11.6 Å². The van der Waals surface area contributed by atoms with Crippen molar-refractivity contribution in [3.8, 4) is 5.75 Å². The monoisotopic (exact) mass is 415 g/mol. The third kappa shape index (κ3) is 5.63. The molecule has 0 unspecified atom stereocenters. The third-order valence-corrected chi connectivity index (χ3v) is 5.24. The number of nitrogens with zero attached hydrogens (tertiary/aromatic N) is 4. The first kappa shape index (κ1) is 21.9. The number of aryl methyl sites for hydroxylation is 2. The highest BCUT2D eigenvalue weighted by Crippen LogP contribution is 2.26. The summed E-state index contributed by atoms with van der Waals surface area (Å²) in [6, 6.07) is 3.81.